The molecule has 0 saturated carbocycles. The summed E-state index contributed by atoms with van der Waals surface area (Å²) in [6.45, 7) is 8.79. The zero-order chi connectivity index (χ0) is 20.2. The fourth-order valence-corrected chi connectivity index (χ4v) is 3.07. The molecule has 26 heavy (non-hydrogen) atoms. The van der Waals surface area contributed by atoms with E-state index in [9.17, 15) is 9.59 Å². The van der Waals surface area contributed by atoms with Crippen molar-refractivity contribution < 1.29 is 14.7 Å². The van der Waals surface area contributed by atoms with Gasteiger partial charge in [0.15, 0.2) is 0 Å². The van der Waals surface area contributed by atoms with Crippen molar-refractivity contribution in [1.29, 1.82) is 0 Å². The van der Waals surface area contributed by atoms with Crippen LogP contribution < -0.4 is 11.1 Å². The molecule has 1 atom stereocenters. The van der Waals surface area contributed by atoms with Crippen LogP contribution in [0.4, 0.5) is 4.79 Å². The number of carbonyl (C=O) groups is 2. The molecule has 2 rings (SSSR count). The second-order valence-corrected chi connectivity index (χ2v) is 6.82. The van der Waals surface area contributed by atoms with Crippen LogP contribution in [0.5, 0.6) is 0 Å². The Morgan fingerprint density at radius 2 is 1.88 bits per heavy atom. The number of hydrogen-bond acceptors (Lipinski definition) is 3. The lowest BCUT2D eigenvalue weighted by molar-refractivity contribution is -0.137. The van der Waals surface area contributed by atoms with Crippen molar-refractivity contribution in [2.75, 3.05) is 11.5 Å². The fourth-order valence-electron chi connectivity index (χ4n) is 1.77. The Morgan fingerprint density at radius 3 is 2.19 bits per heavy atom. The molecule has 1 unspecified atom stereocenters. The molecule has 1 aromatic carbocycles. The van der Waals surface area contributed by atoms with Crippen molar-refractivity contribution >= 4 is 23.8 Å². The highest BCUT2D eigenvalue weighted by atomic mass is 32.2. The van der Waals surface area contributed by atoms with E-state index in [2.05, 4.69) is 24.0 Å². The number of benzene rings is 1. The van der Waals surface area contributed by atoms with E-state index in [0.717, 1.165) is 24.3 Å². The Bertz CT molecular complexity index is 450. The van der Waals surface area contributed by atoms with E-state index in [-0.39, 0.29) is 0 Å². The summed E-state index contributed by atoms with van der Waals surface area (Å²) in [5, 5.41) is 10.5. The largest absolute Gasteiger partial charge is 0.481 e. The number of urea groups is 1. The maximum absolute atomic E-state index is 10.3. The number of carboxylic acid groups (broad SMARTS) is 1. The van der Waals surface area contributed by atoms with E-state index in [0.29, 0.717) is 13.0 Å². The van der Waals surface area contributed by atoms with Gasteiger partial charge in [-0.15, -0.1) is 0 Å². The summed E-state index contributed by atoms with van der Waals surface area (Å²) >= 11 is 2.08. The van der Waals surface area contributed by atoms with Crippen LogP contribution in [-0.2, 0) is 11.3 Å². The highest BCUT2D eigenvalue weighted by Crippen LogP contribution is 2.21. The molecule has 2 amide bonds. The second-order valence-electron chi connectivity index (χ2n) is 5.67. The molecular weight excluding hydrogens is 348 g/mol. The normalized spacial score (nSPS) is 14.4. The maximum atomic E-state index is 10.3. The molecule has 5 nitrogen and oxygen atoms in total. The van der Waals surface area contributed by atoms with Crippen molar-refractivity contribution in [1.82, 2.24) is 5.32 Å². The van der Waals surface area contributed by atoms with Gasteiger partial charge in [0.2, 0.25) is 0 Å². The van der Waals surface area contributed by atoms with Crippen molar-refractivity contribution in [3.05, 3.63) is 35.9 Å². The van der Waals surface area contributed by atoms with E-state index in [1.54, 1.807) is 0 Å². The lowest BCUT2D eigenvalue weighted by Gasteiger charge is -1.99. The lowest BCUT2D eigenvalue weighted by atomic mass is 10.2. The van der Waals surface area contributed by atoms with Gasteiger partial charge in [0.05, 0.1) is 0 Å². The Labute approximate surface area is 163 Å². The average molecular weight is 385 g/mol. The molecular formula is C20H36N2O3S. The highest BCUT2D eigenvalue weighted by Gasteiger charge is 2.07. The van der Waals surface area contributed by atoms with Crippen molar-refractivity contribution in [2.45, 2.75) is 59.9 Å². The molecule has 1 aliphatic heterocycles. The van der Waals surface area contributed by atoms with Crippen molar-refractivity contribution in [3.63, 3.8) is 0 Å². The van der Waals surface area contributed by atoms with Crippen LogP contribution in [0.2, 0.25) is 0 Å². The smallest absolute Gasteiger partial charge is 0.312 e. The molecule has 1 heterocycles. The van der Waals surface area contributed by atoms with E-state index in [1.807, 2.05) is 51.1 Å². The molecule has 0 aromatic heterocycles. The molecule has 0 spiro atoms. The predicted molar refractivity (Wildman–Crippen MR) is 112 cm³/mol. The van der Waals surface area contributed by atoms with E-state index >= 15 is 0 Å². The van der Waals surface area contributed by atoms with Gasteiger partial charge in [0.25, 0.3) is 0 Å². The first-order chi connectivity index (χ1) is 12.5. The van der Waals surface area contributed by atoms with Gasteiger partial charge in [-0.1, -0.05) is 64.4 Å². The summed E-state index contributed by atoms with van der Waals surface area (Å²) in [6, 6.07) is 9.12. The lowest BCUT2D eigenvalue weighted by Crippen LogP contribution is -2.28. The Hall–Kier alpha value is -1.69. The van der Waals surface area contributed by atoms with Crippen molar-refractivity contribution in [3.8, 4) is 0 Å². The van der Waals surface area contributed by atoms with Gasteiger partial charge in [-0.3, -0.25) is 4.79 Å². The predicted octanol–water partition coefficient (Wildman–Crippen LogP) is 4.90. The molecule has 1 fully saturated rings. The first kappa shape index (κ1) is 26.5. The molecule has 0 bridgehead atoms. The van der Waals surface area contributed by atoms with Crippen LogP contribution in [0.3, 0.4) is 0 Å². The number of nitrogens with one attached hydrogen (secondary N) is 1. The zero-order valence-corrected chi connectivity index (χ0v) is 17.5. The van der Waals surface area contributed by atoms with E-state index in [1.165, 1.54) is 17.9 Å². The quantitative estimate of drug-likeness (QED) is 0.673. The first-order valence-corrected chi connectivity index (χ1v) is 10.5. The van der Waals surface area contributed by atoms with E-state index < -0.39 is 12.0 Å². The molecule has 1 aliphatic rings. The average Bonchev–Trinajstić information content (AvgIpc) is 3.13. The minimum Gasteiger partial charge on any atom is -0.481 e. The molecule has 0 aliphatic carbocycles. The molecule has 150 valence electrons. The van der Waals surface area contributed by atoms with Crippen LogP contribution in [0, 0.1) is 5.92 Å². The van der Waals surface area contributed by atoms with Gasteiger partial charge in [-0.2, -0.15) is 11.8 Å². The summed E-state index contributed by atoms with van der Waals surface area (Å²) in [4.78, 5) is 20.0. The van der Waals surface area contributed by atoms with Gasteiger partial charge in [0.1, 0.15) is 0 Å². The third-order valence-corrected chi connectivity index (χ3v) is 4.54. The van der Waals surface area contributed by atoms with Crippen LogP contribution >= 0.6 is 11.8 Å². The van der Waals surface area contributed by atoms with Crippen LogP contribution in [0.25, 0.3) is 0 Å². The Balaban J connectivity index is 0. The summed E-state index contributed by atoms with van der Waals surface area (Å²) in [5.74, 6) is 3.12. The standard InChI is InChI=1S/C8H10N2O.C5H10O2.C5H10S.C2H6/c9-8(11)10-6-7-4-2-1-3-5-7;1-2-3-4-5(6)7;1-5-2-3-6-4-5;1-2/h1-5H,6H2,(H3,9,10,11);2-4H2,1H3,(H,6,7);5H,2-4H2,1H3;1-2H3. The third kappa shape index (κ3) is 20.4. The number of rotatable bonds is 5. The minimum atomic E-state index is -0.693. The molecule has 6 heteroatoms. The molecule has 0 radical (unpaired) electrons. The van der Waals surface area contributed by atoms with Gasteiger partial charge in [0, 0.05) is 13.0 Å². The van der Waals surface area contributed by atoms with Crippen LogP contribution in [0.15, 0.2) is 30.3 Å². The van der Waals surface area contributed by atoms with Gasteiger partial charge < -0.3 is 16.2 Å². The maximum Gasteiger partial charge on any atom is 0.312 e. The number of thioether (sulfide) groups is 1. The number of primary amides is 1. The van der Waals surface area contributed by atoms with Crippen LogP contribution in [-0.4, -0.2) is 28.6 Å². The number of hydrogen-bond donors (Lipinski definition) is 3. The first-order valence-electron chi connectivity index (χ1n) is 9.32. The Kier molecular flexibility index (Phi) is 20.0. The number of nitrogens with two attached hydrogens (primary N) is 1. The summed E-state index contributed by atoms with van der Waals surface area (Å²) in [7, 11) is 0. The molecule has 1 aromatic rings. The van der Waals surface area contributed by atoms with Gasteiger partial charge >= 0.3 is 12.0 Å². The summed E-state index contributed by atoms with van der Waals surface area (Å²) in [5.41, 5.74) is 5.94. The summed E-state index contributed by atoms with van der Waals surface area (Å²) < 4.78 is 0. The second kappa shape index (κ2) is 19.6. The summed E-state index contributed by atoms with van der Waals surface area (Å²) in [6.07, 6.45) is 3.53. The molecule has 1 saturated heterocycles. The van der Waals surface area contributed by atoms with E-state index in [4.69, 9.17) is 10.8 Å². The molecule has 4 N–H and O–H groups in total. The minimum absolute atomic E-state index is 0.316. The number of carbonyl (C=O) groups excluding carboxylic acids is 1. The number of amides is 2. The third-order valence-electron chi connectivity index (χ3n) is 3.21. The monoisotopic (exact) mass is 384 g/mol. The number of carboxylic acids is 1. The SMILES string of the molecule is CC.CC1CCSC1.CCCCC(=O)O.NC(=O)NCc1ccccc1. The van der Waals surface area contributed by atoms with Crippen LogP contribution in [0.1, 0.15) is 58.9 Å². The number of unbranched alkanes of at least 4 members (excludes halogenated alkanes) is 1. The van der Waals surface area contributed by atoms with Gasteiger partial charge in [-0.05, 0) is 35.8 Å². The number of aliphatic carboxylic acids is 1. The zero-order valence-electron chi connectivity index (χ0n) is 16.7. The van der Waals surface area contributed by atoms with Crippen molar-refractivity contribution in [2.24, 2.45) is 11.7 Å². The topological polar surface area (TPSA) is 92.4 Å². The highest BCUT2D eigenvalue weighted by molar-refractivity contribution is 7.99. The fraction of sp³-hybridized carbons (Fsp3) is 0.600. The van der Waals surface area contributed by atoms with Gasteiger partial charge in [-0.25, -0.2) is 4.79 Å². The Morgan fingerprint density at radius 1 is 1.27 bits per heavy atom.